The smallest absolute Gasteiger partial charge is 0.127 e. The van der Waals surface area contributed by atoms with Crippen LogP contribution >= 0.6 is 11.8 Å². The van der Waals surface area contributed by atoms with Crippen molar-refractivity contribution in [3.8, 4) is 0 Å². The minimum absolute atomic E-state index is 0.164. The van der Waals surface area contributed by atoms with Gasteiger partial charge in [-0.15, -0.1) is 0 Å². The van der Waals surface area contributed by atoms with Gasteiger partial charge in [-0.05, 0) is 30.5 Å². The number of nitrogens with zero attached hydrogens (tertiary/aromatic N) is 5. The minimum Gasteiger partial charge on any atom is -0.323 e. The van der Waals surface area contributed by atoms with E-state index >= 15 is 0 Å². The molecule has 128 valence electrons. The summed E-state index contributed by atoms with van der Waals surface area (Å²) in [5.41, 5.74) is 9.30. The van der Waals surface area contributed by atoms with E-state index in [-0.39, 0.29) is 5.92 Å². The molecule has 2 rings (SSSR count). The number of hydrogen-bond acceptors (Lipinski definition) is 3. The lowest BCUT2D eigenvalue weighted by Gasteiger charge is -2.11. The second-order valence-corrected chi connectivity index (χ2v) is 6.59. The van der Waals surface area contributed by atoms with E-state index < -0.39 is 11.6 Å². The summed E-state index contributed by atoms with van der Waals surface area (Å²) in [5, 5.41) is 4.42. The van der Waals surface area contributed by atoms with Gasteiger partial charge in [0, 0.05) is 35.4 Å². The lowest BCUT2D eigenvalue weighted by atomic mass is 10.1. The van der Waals surface area contributed by atoms with Crippen molar-refractivity contribution in [1.29, 1.82) is 0 Å². The number of hydrogen-bond donors (Lipinski definition) is 0. The Morgan fingerprint density at radius 3 is 2.50 bits per heavy atom. The zero-order valence-electron chi connectivity index (χ0n) is 13.8. The molecule has 0 radical (unpaired) electrons. The summed E-state index contributed by atoms with van der Waals surface area (Å²) in [6.07, 6.45) is 0.524. The van der Waals surface area contributed by atoms with Gasteiger partial charge in [0.25, 0.3) is 0 Å². The third-order valence-corrected chi connectivity index (χ3v) is 4.53. The average Bonchev–Trinajstić information content (AvgIpc) is 2.84. The van der Waals surface area contributed by atoms with Crippen LogP contribution in [-0.4, -0.2) is 16.1 Å². The Morgan fingerprint density at radius 1 is 1.29 bits per heavy atom. The predicted octanol–water partition coefficient (Wildman–Crippen LogP) is 5.31. The van der Waals surface area contributed by atoms with Crippen molar-refractivity contribution in [2.24, 2.45) is 5.11 Å². The van der Waals surface area contributed by atoms with Crippen LogP contribution < -0.4 is 0 Å². The van der Waals surface area contributed by atoms with Gasteiger partial charge in [-0.25, -0.2) is 13.8 Å². The second-order valence-electron chi connectivity index (χ2n) is 5.53. The molecule has 2 aromatic rings. The third-order valence-electron chi connectivity index (χ3n) is 3.44. The molecule has 0 N–H and O–H groups in total. The first-order chi connectivity index (χ1) is 11.5. The number of halogens is 2. The quantitative estimate of drug-likeness (QED) is 0.385. The topological polar surface area (TPSA) is 66.6 Å². The maximum atomic E-state index is 13.5. The summed E-state index contributed by atoms with van der Waals surface area (Å²) in [4.78, 5) is 7.91. The van der Waals surface area contributed by atoms with Gasteiger partial charge in [0.15, 0.2) is 0 Å². The van der Waals surface area contributed by atoms with Crippen molar-refractivity contribution in [3.05, 3.63) is 51.8 Å². The highest BCUT2D eigenvalue weighted by atomic mass is 32.2. The minimum atomic E-state index is -0.602. The van der Waals surface area contributed by atoms with Crippen LogP contribution in [0.25, 0.3) is 10.4 Å². The Morgan fingerprint density at radius 2 is 1.96 bits per heavy atom. The van der Waals surface area contributed by atoms with Gasteiger partial charge in [-0.2, -0.15) is 0 Å². The van der Waals surface area contributed by atoms with Crippen LogP contribution in [0.4, 0.5) is 8.78 Å². The van der Waals surface area contributed by atoms with E-state index in [9.17, 15) is 8.78 Å². The van der Waals surface area contributed by atoms with Crippen LogP contribution in [0, 0.1) is 11.6 Å². The molecule has 1 aromatic heterocycles. The summed E-state index contributed by atoms with van der Waals surface area (Å²) in [6, 6.07) is 3.48. The Hall–Kier alpha value is -2.05. The van der Waals surface area contributed by atoms with Crippen molar-refractivity contribution in [3.63, 3.8) is 0 Å². The van der Waals surface area contributed by atoms with Crippen LogP contribution in [0.5, 0.6) is 0 Å². The Kier molecular flexibility index (Phi) is 6.23. The van der Waals surface area contributed by atoms with Crippen molar-refractivity contribution >= 4 is 11.8 Å². The standard InChI is InChI=1S/C16H19F2N5S/c1-4-23-14(5-6-20-22-19)21-15(10(2)3)16(23)24-13-8-11(17)7-12(18)9-13/h7-10H,4-6H2,1-3H3. The SMILES string of the molecule is CCn1c(CCN=[N+]=[N-])nc(C(C)C)c1Sc1cc(F)cc(F)c1. The van der Waals surface area contributed by atoms with Crippen LogP contribution in [0.1, 0.15) is 38.2 Å². The van der Waals surface area contributed by atoms with Crippen molar-refractivity contribution in [2.45, 2.75) is 49.6 Å². The summed E-state index contributed by atoms with van der Waals surface area (Å²) in [7, 11) is 0. The molecule has 0 bridgehead atoms. The fourth-order valence-electron chi connectivity index (χ4n) is 2.40. The molecule has 0 atom stereocenters. The summed E-state index contributed by atoms with van der Waals surface area (Å²) >= 11 is 1.30. The van der Waals surface area contributed by atoms with Gasteiger partial charge in [0.05, 0.1) is 5.69 Å². The van der Waals surface area contributed by atoms with E-state index in [4.69, 9.17) is 5.53 Å². The molecule has 0 aliphatic heterocycles. The van der Waals surface area contributed by atoms with Crippen LogP contribution in [-0.2, 0) is 13.0 Å². The lowest BCUT2D eigenvalue weighted by molar-refractivity contribution is 0.577. The third kappa shape index (κ3) is 4.27. The van der Waals surface area contributed by atoms with Crippen molar-refractivity contribution < 1.29 is 8.78 Å². The zero-order valence-corrected chi connectivity index (χ0v) is 14.6. The van der Waals surface area contributed by atoms with Gasteiger partial charge in [-0.1, -0.05) is 30.7 Å². The van der Waals surface area contributed by atoms with Gasteiger partial charge in [0.2, 0.25) is 0 Å². The molecule has 0 unspecified atom stereocenters. The molecule has 0 fully saturated rings. The van der Waals surface area contributed by atoms with E-state index in [2.05, 4.69) is 15.0 Å². The van der Waals surface area contributed by atoms with E-state index in [0.29, 0.717) is 24.4 Å². The Labute approximate surface area is 143 Å². The summed E-state index contributed by atoms with van der Waals surface area (Å²) in [5.74, 6) is -0.227. The highest BCUT2D eigenvalue weighted by molar-refractivity contribution is 7.99. The molecule has 5 nitrogen and oxygen atoms in total. The van der Waals surface area contributed by atoms with Gasteiger partial charge < -0.3 is 4.57 Å². The Bertz CT molecular complexity index is 746. The number of aromatic nitrogens is 2. The molecular weight excluding hydrogens is 332 g/mol. The van der Waals surface area contributed by atoms with Crippen LogP contribution in [0.15, 0.2) is 33.2 Å². The van der Waals surface area contributed by atoms with Crippen LogP contribution in [0.2, 0.25) is 0 Å². The molecule has 0 spiro atoms. The summed E-state index contributed by atoms with van der Waals surface area (Å²) < 4.78 is 28.9. The first kappa shape index (κ1) is 18.3. The Balaban J connectivity index is 2.43. The zero-order chi connectivity index (χ0) is 17.7. The molecule has 0 aliphatic carbocycles. The van der Waals surface area contributed by atoms with Crippen LogP contribution in [0.3, 0.4) is 0 Å². The number of imidazole rings is 1. The molecule has 0 aliphatic rings. The highest BCUT2D eigenvalue weighted by Crippen LogP contribution is 2.35. The fourth-order valence-corrected chi connectivity index (χ4v) is 3.69. The summed E-state index contributed by atoms with van der Waals surface area (Å²) in [6.45, 7) is 7.03. The maximum Gasteiger partial charge on any atom is 0.127 e. The molecular formula is C16H19F2N5S. The van der Waals surface area contributed by atoms with E-state index in [1.54, 1.807) is 0 Å². The molecule has 0 saturated carbocycles. The van der Waals surface area contributed by atoms with Gasteiger partial charge >= 0.3 is 0 Å². The normalized spacial score (nSPS) is 10.9. The molecule has 1 aromatic carbocycles. The predicted molar refractivity (Wildman–Crippen MR) is 90.2 cm³/mol. The average molecular weight is 351 g/mol. The monoisotopic (exact) mass is 351 g/mol. The number of benzene rings is 1. The molecule has 8 heteroatoms. The number of rotatable bonds is 7. The van der Waals surface area contributed by atoms with Gasteiger partial charge in [0.1, 0.15) is 22.5 Å². The highest BCUT2D eigenvalue weighted by Gasteiger charge is 2.19. The van der Waals surface area contributed by atoms with E-state index in [0.717, 1.165) is 22.6 Å². The molecule has 0 amide bonds. The second kappa shape index (κ2) is 8.17. The van der Waals surface area contributed by atoms with E-state index in [1.165, 1.54) is 23.9 Å². The molecule has 24 heavy (non-hydrogen) atoms. The number of azide groups is 1. The first-order valence-corrected chi connectivity index (χ1v) is 8.52. The maximum absolute atomic E-state index is 13.5. The molecule has 1 heterocycles. The fraction of sp³-hybridized carbons (Fsp3) is 0.438. The van der Waals surface area contributed by atoms with Crippen molar-refractivity contribution in [2.75, 3.05) is 6.54 Å². The van der Waals surface area contributed by atoms with E-state index in [1.807, 2.05) is 25.3 Å². The van der Waals surface area contributed by atoms with Crippen molar-refractivity contribution in [1.82, 2.24) is 9.55 Å². The largest absolute Gasteiger partial charge is 0.323 e. The first-order valence-electron chi connectivity index (χ1n) is 7.70. The molecule has 0 saturated heterocycles. The lowest BCUT2D eigenvalue weighted by Crippen LogP contribution is -2.04. The van der Waals surface area contributed by atoms with Gasteiger partial charge in [-0.3, -0.25) is 0 Å².